The van der Waals surface area contributed by atoms with E-state index in [1.54, 1.807) is 7.11 Å². The zero-order valence-corrected chi connectivity index (χ0v) is 12.3. The predicted molar refractivity (Wildman–Crippen MR) is 83.5 cm³/mol. The van der Waals surface area contributed by atoms with Crippen LogP contribution >= 0.6 is 12.2 Å². The van der Waals surface area contributed by atoms with E-state index in [1.807, 2.05) is 18.2 Å². The first-order valence-electron chi connectivity index (χ1n) is 6.38. The summed E-state index contributed by atoms with van der Waals surface area (Å²) in [5, 5.41) is 7.88. The van der Waals surface area contributed by atoms with Crippen LogP contribution in [0.25, 0.3) is 0 Å². The van der Waals surface area contributed by atoms with Crippen LogP contribution in [0.5, 0.6) is 0 Å². The number of nitrogens with one attached hydrogen (secondary N) is 2. The number of hydrogen-bond donors (Lipinski definition) is 2. The maximum atomic E-state index is 5.11. The molecule has 0 aromatic heterocycles. The van der Waals surface area contributed by atoms with Crippen molar-refractivity contribution < 1.29 is 4.74 Å². The highest BCUT2D eigenvalue weighted by atomic mass is 32.1. The van der Waals surface area contributed by atoms with Crippen LogP contribution in [-0.2, 0) is 11.2 Å². The Balaban J connectivity index is 2.41. The Morgan fingerprint density at radius 3 is 2.68 bits per heavy atom. The Kier molecular flexibility index (Phi) is 7.77. The van der Waals surface area contributed by atoms with Gasteiger partial charge in [0, 0.05) is 25.8 Å². The predicted octanol–water partition coefficient (Wildman–Crippen LogP) is 2.11. The van der Waals surface area contributed by atoms with Gasteiger partial charge < -0.3 is 10.1 Å². The van der Waals surface area contributed by atoms with Crippen molar-refractivity contribution in [3.8, 4) is 0 Å². The van der Waals surface area contributed by atoms with E-state index < -0.39 is 0 Å². The van der Waals surface area contributed by atoms with Crippen molar-refractivity contribution in [3.05, 3.63) is 35.9 Å². The molecule has 0 heterocycles. The number of hydrazone groups is 1. The molecule has 0 unspecified atom stereocenters. The van der Waals surface area contributed by atoms with Crippen LogP contribution in [0.4, 0.5) is 0 Å². The summed E-state index contributed by atoms with van der Waals surface area (Å²) in [6.45, 7) is 3.39. The quantitative estimate of drug-likeness (QED) is 0.347. The van der Waals surface area contributed by atoms with Crippen LogP contribution in [0, 0.1) is 0 Å². The molecular formula is C14H21N3OS. The molecule has 0 saturated heterocycles. The first kappa shape index (κ1) is 15.6. The normalized spacial score (nSPS) is 11.2. The Bertz CT molecular complexity index is 406. The van der Waals surface area contributed by atoms with Crippen LogP contribution < -0.4 is 10.7 Å². The largest absolute Gasteiger partial charge is 0.383 e. The number of rotatable bonds is 7. The lowest BCUT2D eigenvalue weighted by atomic mass is 10.1. The van der Waals surface area contributed by atoms with Gasteiger partial charge in [-0.15, -0.1) is 0 Å². The highest BCUT2D eigenvalue weighted by molar-refractivity contribution is 7.80. The third-order valence-corrected chi connectivity index (χ3v) is 2.80. The van der Waals surface area contributed by atoms with Crippen LogP contribution in [-0.4, -0.2) is 31.1 Å². The standard InChI is InChI=1S/C14H21N3OS/c1-3-13(11-12-7-5-4-6-8-12)16-17-14(19)15-9-10-18-2/h4-8H,3,9-11H2,1-2H3,(H2,15,17,19)/b16-13-. The third kappa shape index (κ3) is 6.88. The average Bonchev–Trinajstić information content (AvgIpc) is 2.45. The molecule has 0 amide bonds. The molecule has 0 atom stereocenters. The Hall–Kier alpha value is -1.46. The molecule has 0 aliphatic rings. The number of benzene rings is 1. The van der Waals surface area contributed by atoms with Gasteiger partial charge in [0.15, 0.2) is 5.11 Å². The van der Waals surface area contributed by atoms with Crippen molar-refractivity contribution in [2.45, 2.75) is 19.8 Å². The lowest BCUT2D eigenvalue weighted by Gasteiger charge is -2.08. The lowest BCUT2D eigenvalue weighted by Crippen LogP contribution is -2.34. The number of thiocarbonyl (C=S) groups is 1. The van der Waals surface area contributed by atoms with Crippen LogP contribution in [0.15, 0.2) is 35.4 Å². The first-order valence-corrected chi connectivity index (χ1v) is 6.79. The highest BCUT2D eigenvalue weighted by Crippen LogP contribution is 2.02. The highest BCUT2D eigenvalue weighted by Gasteiger charge is 2.00. The second-order valence-corrected chi connectivity index (χ2v) is 4.46. The molecule has 0 aliphatic heterocycles. The molecule has 1 rings (SSSR count). The molecule has 0 fully saturated rings. The van der Waals surface area contributed by atoms with Crippen LogP contribution in [0.3, 0.4) is 0 Å². The number of nitrogens with zero attached hydrogens (tertiary/aromatic N) is 1. The molecule has 0 saturated carbocycles. The van der Waals surface area contributed by atoms with Crippen molar-refractivity contribution in [3.63, 3.8) is 0 Å². The van der Waals surface area contributed by atoms with E-state index in [1.165, 1.54) is 5.56 Å². The summed E-state index contributed by atoms with van der Waals surface area (Å²) in [5.74, 6) is 0. The lowest BCUT2D eigenvalue weighted by molar-refractivity contribution is 0.204. The molecular weight excluding hydrogens is 258 g/mol. The van der Waals surface area contributed by atoms with Crippen molar-refractivity contribution in [2.75, 3.05) is 20.3 Å². The number of hydrogen-bond acceptors (Lipinski definition) is 3. The minimum Gasteiger partial charge on any atom is -0.383 e. The summed E-state index contributed by atoms with van der Waals surface area (Å²) in [4.78, 5) is 0. The fourth-order valence-electron chi connectivity index (χ4n) is 1.51. The van der Waals surface area contributed by atoms with Gasteiger partial charge in [0.05, 0.1) is 6.61 Å². The topological polar surface area (TPSA) is 45.7 Å². The van der Waals surface area contributed by atoms with Crippen molar-refractivity contribution in [1.29, 1.82) is 0 Å². The van der Waals surface area contributed by atoms with E-state index >= 15 is 0 Å². The molecule has 0 spiro atoms. The molecule has 0 radical (unpaired) electrons. The molecule has 5 heteroatoms. The van der Waals surface area contributed by atoms with Gasteiger partial charge in [-0.05, 0) is 24.2 Å². The van der Waals surface area contributed by atoms with Gasteiger partial charge in [0.25, 0.3) is 0 Å². The fraction of sp³-hybridized carbons (Fsp3) is 0.429. The number of methoxy groups -OCH3 is 1. The molecule has 0 bridgehead atoms. The van der Waals surface area contributed by atoms with Gasteiger partial charge in [-0.2, -0.15) is 5.10 Å². The van der Waals surface area contributed by atoms with Gasteiger partial charge in [0.2, 0.25) is 0 Å². The summed E-state index contributed by atoms with van der Waals surface area (Å²) >= 11 is 5.11. The SMILES string of the molecule is CC/C(Cc1ccccc1)=N/NC(=S)NCCOC. The number of ether oxygens (including phenoxy) is 1. The van der Waals surface area contributed by atoms with E-state index in [-0.39, 0.29) is 0 Å². The van der Waals surface area contributed by atoms with Gasteiger partial charge in [-0.1, -0.05) is 37.3 Å². The second kappa shape index (κ2) is 9.47. The Morgan fingerprint density at radius 1 is 1.32 bits per heavy atom. The minimum absolute atomic E-state index is 0.524. The van der Waals surface area contributed by atoms with E-state index in [9.17, 15) is 0 Å². The fourth-order valence-corrected chi connectivity index (χ4v) is 1.66. The van der Waals surface area contributed by atoms with Crippen molar-refractivity contribution in [1.82, 2.24) is 10.7 Å². The zero-order valence-electron chi connectivity index (χ0n) is 11.5. The van der Waals surface area contributed by atoms with Crippen LogP contribution in [0.1, 0.15) is 18.9 Å². The summed E-state index contributed by atoms with van der Waals surface area (Å²) in [7, 11) is 1.66. The summed E-state index contributed by atoms with van der Waals surface area (Å²) in [6.07, 6.45) is 1.73. The summed E-state index contributed by atoms with van der Waals surface area (Å²) < 4.78 is 4.93. The Morgan fingerprint density at radius 2 is 2.05 bits per heavy atom. The molecule has 2 N–H and O–H groups in total. The van der Waals surface area contributed by atoms with Crippen molar-refractivity contribution >= 4 is 23.0 Å². The van der Waals surface area contributed by atoms with Gasteiger partial charge >= 0.3 is 0 Å². The van der Waals surface area contributed by atoms with Gasteiger partial charge in [0.1, 0.15) is 0 Å². The maximum Gasteiger partial charge on any atom is 0.187 e. The minimum atomic E-state index is 0.524. The maximum absolute atomic E-state index is 5.11. The van der Waals surface area contributed by atoms with Gasteiger partial charge in [-0.25, -0.2) is 0 Å². The molecule has 1 aromatic rings. The molecule has 19 heavy (non-hydrogen) atoms. The average molecular weight is 279 g/mol. The van der Waals surface area contributed by atoms with E-state index in [0.29, 0.717) is 18.3 Å². The smallest absolute Gasteiger partial charge is 0.187 e. The second-order valence-electron chi connectivity index (χ2n) is 4.05. The molecule has 0 aliphatic carbocycles. The molecule has 1 aromatic carbocycles. The molecule has 104 valence electrons. The van der Waals surface area contributed by atoms with Crippen molar-refractivity contribution in [2.24, 2.45) is 5.10 Å². The summed E-state index contributed by atoms with van der Waals surface area (Å²) in [6, 6.07) is 10.3. The zero-order chi connectivity index (χ0) is 13.9. The Labute approximate surface area is 120 Å². The van der Waals surface area contributed by atoms with E-state index in [4.69, 9.17) is 17.0 Å². The van der Waals surface area contributed by atoms with Gasteiger partial charge in [-0.3, -0.25) is 5.43 Å². The van der Waals surface area contributed by atoms with E-state index in [2.05, 4.69) is 34.9 Å². The third-order valence-electron chi connectivity index (χ3n) is 2.57. The first-order chi connectivity index (χ1) is 9.26. The van der Waals surface area contributed by atoms with E-state index in [0.717, 1.165) is 18.6 Å². The summed E-state index contributed by atoms with van der Waals surface area (Å²) in [5.41, 5.74) is 5.19. The van der Waals surface area contributed by atoms with Crippen LogP contribution in [0.2, 0.25) is 0 Å². The monoisotopic (exact) mass is 279 g/mol. The molecule has 4 nitrogen and oxygen atoms in total.